The molecule has 0 bridgehead atoms. The van der Waals surface area contributed by atoms with Crippen LogP contribution in [0.1, 0.15) is 17.5 Å². The number of nitrogens with zero attached hydrogens (tertiary/aromatic N) is 5. The molecule has 132 valence electrons. The number of morpholine rings is 1. The minimum Gasteiger partial charge on any atom is -0.483 e. The summed E-state index contributed by atoms with van der Waals surface area (Å²) in [6.45, 7) is 1.24. The summed E-state index contributed by atoms with van der Waals surface area (Å²) in [6, 6.07) is 9.74. The maximum atomic E-state index is 12.3. The van der Waals surface area contributed by atoms with Gasteiger partial charge in [-0.3, -0.25) is 9.59 Å². The van der Waals surface area contributed by atoms with Crippen LogP contribution in [0.25, 0.3) is 6.08 Å². The average Bonchev–Trinajstić information content (AvgIpc) is 3.07. The first-order valence-electron chi connectivity index (χ1n) is 7.59. The van der Waals surface area contributed by atoms with Crippen molar-refractivity contribution in [2.45, 2.75) is 6.10 Å². The Morgan fingerprint density at radius 2 is 2.08 bits per heavy atom. The van der Waals surface area contributed by atoms with Gasteiger partial charge in [0, 0.05) is 19.7 Å². The molecule has 0 spiro atoms. The Balaban J connectivity index is 0.000000701. The first-order valence-corrected chi connectivity index (χ1v) is 7.59. The highest BCUT2D eigenvalue weighted by Gasteiger charge is 2.27. The molecule has 1 atom stereocenters. The van der Waals surface area contributed by atoms with Crippen LogP contribution in [0.2, 0.25) is 0 Å². The second-order valence-electron chi connectivity index (χ2n) is 5.15. The van der Waals surface area contributed by atoms with Crippen molar-refractivity contribution in [2.75, 3.05) is 19.7 Å². The Bertz CT molecular complexity index is 716. The zero-order chi connectivity index (χ0) is 18.1. The van der Waals surface area contributed by atoms with Crippen LogP contribution in [-0.4, -0.2) is 62.3 Å². The predicted octanol–water partition coefficient (Wildman–Crippen LogP) is 0.524. The van der Waals surface area contributed by atoms with E-state index >= 15 is 0 Å². The summed E-state index contributed by atoms with van der Waals surface area (Å²) in [5.74, 6) is 0.594. The lowest BCUT2D eigenvalue weighted by molar-refractivity contribution is -0.134. The van der Waals surface area contributed by atoms with Crippen LogP contribution < -0.4 is 0 Å². The van der Waals surface area contributed by atoms with E-state index in [9.17, 15) is 4.79 Å². The standard InChI is InChI=1S/C15H17N5O2.CH2O2/c1-19-15(16-17-18-19)13-11-20(9-10-22-13)14(21)8-7-12-5-3-2-4-6-12;2-1-3/h2-8,13H,9-11H2,1H3;1H,(H,2,3)/b8-7+;. The highest BCUT2D eigenvalue weighted by Crippen LogP contribution is 2.19. The van der Waals surface area contributed by atoms with Gasteiger partial charge in [-0.25, -0.2) is 4.68 Å². The third-order valence-electron chi connectivity index (χ3n) is 3.54. The number of carbonyl (C=O) groups excluding carboxylic acids is 1. The predicted molar refractivity (Wildman–Crippen MR) is 88.2 cm³/mol. The van der Waals surface area contributed by atoms with Gasteiger partial charge in [0.15, 0.2) is 5.82 Å². The number of benzene rings is 1. The molecule has 1 saturated heterocycles. The number of amides is 1. The summed E-state index contributed by atoms with van der Waals surface area (Å²) in [6.07, 6.45) is 3.12. The van der Waals surface area contributed by atoms with Crippen molar-refractivity contribution in [3.63, 3.8) is 0 Å². The normalized spacial score (nSPS) is 17.0. The van der Waals surface area contributed by atoms with Gasteiger partial charge in [0.25, 0.3) is 6.47 Å². The lowest BCUT2D eigenvalue weighted by Crippen LogP contribution is -2.42. The van der Waals surface area contributed by atoms with Gasteiger partial charge in [-0.15, -0.1) is 5.10 Å². The summed E-state index contributed by atoms with van der Waals surface area (Å²) in [7, 11) is 1.76. The average molecular weight is 345 g/mol. The zero-order valence-electron chi connectivity index (χ0n) is 13.7. The van der Waals surface area contributed by atoms with Crippen LogP contribution in [0, 0.1) is 0 Å². The van der Waals surface area contributed by atoms with Crippen molar-refractivity contribution < 1.29 is 19.4 Å². The van der Waals surface area contributed by atoms with Gasteiger partial charge in [-0.05, 0) is 22.1 Å². The molecule has 0 saturated carbocycles. The number of carbonyl (C=O) groups is 2. The summed E-state index contributed by atoms with van der Waals surface area (Å²) >= 11 is 0. The molecule has 9 nitrogen and oxygen atoms in total. The van der Waals surface area contributed by atoms with Gasteiger partial charge >= 0.3 is 0 Å². The van der Waals surface area contributed by atoms with E-state index in [1.54, 1.807) is 22.7 Å². The quantitative estimate of drug-likeness (QED) is 0.638. The van der Waals surface area contributed by atoms with Crippen molar-refractivity contribution >= 4 is 18.5 Å². The van der Waals surface area contributed by atoms with Gasteiger partial charge in [-0.1, -0.05) is 30.3 Å². The summed E-state index contributed by atoms with van der Waals surface area (Å²) in [5.41, 5.74) is 0.998. The molecule has 1 aliphatic heterocycles. The second-order valence-corrected chi connectivity index (χ2v) is 5.15. The van der Waals surface area contributed by atoms with Crippen molar-refractivity contribution in [1.82, 2.24) is 25.1 Å². The summed E-state index contributed by atoms with van der Waals surface area (Å²) in [5, 5.41) is 18.2. The monoisotopic (exact) mass is 345 g/mol. The van der Waals surface area contributed by atoms with E-state index in [0.717, 1.165) is 5.56 Å². The topological polar surface area (TPSA) is 110 Å². The first-order chi connectivity index (χ1) is 12.2. The molecule has 2 aromatic rings. The summed E-state index contributed by atoms with van der Waals surface area (Å²) in [4.78, 5) is 22.4. The molecular formula is C16H19N5O4. The van der Waals surface area contributed by atoms with Crippen molar-refractivity contribution in [3.05, 3.63) is 47.8 Å². The van der Waals surface area contributed by atoms with Crippen molar-refractivity contribution in [1.29, 1.82) is 0 Å². The van der Waals surface area contributed by atoms with Crippen molar-refractivity contribution in [2.24, 2.45) is 7.05 Å². The van der Waals surface area contributed by atoms with Crippen LogP contribution in [0.15, 0.2) is 36.4 Å². The highest BCUT2D eigenvalue weighted by molar-refractivity contribution is 5.91. The number of hydrogen-bond donors (Lipinski definition) is 1. The molecule has 1 unspecified atom stereocenters. The van der Waals surface area contributed by atoms with E-state index in [4.69, 9.17) is 14.6 Å². The van der Waals surface area contributed by atoms with Gasteiger partial charge in [0.05, 0.1) is 13.2 Å². The van der Waals surface area contributed by atoms with E-state index in [1.807, 2.05) is 36.4 Å². The van der Waals surface area contributed by atoms with Gasteiger partial charge in [-0.2, -0.15) is 0 Å². The Kier molecular flexibility index (Phi) is 6.78. The van der Waals surface area contributed by atoms with Crippen LogP contribution in [0.4, 0.5) is 0 Å². The highest BCUT2D eigenvalue weighted by atomic mass is 16.5. The molecule has 2 heterocycles. The summed E-state index contributed by atoms with van der Waals surface area (Å²) < 4.78 is 7.23. The Morgan fingerprint density at radius 1 is 1.36 bits per heavy atom. The number of ether oxygens (including phenoxy) is 1. The lowest BCUT2D eigenvalue weighted by Gasteiger charge is -2.31. The fourth-order valence-electron chi connectivity index (χ4n) is 2.35. The molecule has 0 radical (unpaired) electrons. The SMILES string of the molecule is Cn1nnnc1C1CN(C(=O)/C=C/c2ccccc2)CCO1.O=CO. The zero-order valence-corrected chi connectivity index (χ0v) is 13.7. The molecule has 1 aliphatic rings. The van der Waals surface area contributed by atoms with E-state index in [0.29, 0.717) is 25.5 Å². The molecule has 9 heteroatoms. The second kappa shape index (κ2) is 9.28. The molecule has 1 N–H and O–H groups in total. The molecule has 3 rings (SSSR count). The fraction of sp³-hybridized carbons (Fsp3) is 0.312. The maximum Gasteiger partial charge on any atom is 0.290 e. The number of rotatable bonds is 3. The molecule has 1 aromatic carbocycles. The van der Waals surface area contributed by atoms with Gasteiger partial charge < -0.3 is 14.7 Å². The lowest BCUT2D eigenvalue weighted by atomic mass is 10.2. The molecule has 1 fully saturated rings. The smallest absolute Gasteiger partial charge is 0.290 e. The maximum absolute atomic E-state index is 12.3. The van der Waals surface area contributed by atoms with Crippen LogP contribution >= 0.6 is 0 Å². The molecular weight excluding hydrogens is 326 g/mol. The first kappa shape index (κ1) is 18.3. The van der Waals surface area contributed by atoms with E-state index in [1.165, 1.54) is 0 Å². The van der Waals surface area contributed by atoms with Crippen LogP contribution in [0.5, 0.6) is 0 Å². The minimum absolute atomic E-state index is 0.0349. The molecule has 25 heavy (non-hydrogen) atoms. The number of hydrogen-bond acceptors (Lipinski definition) is 6. The largest absolute Gasteiger partial charge is 0.483 e. The van der Waals surface area contributed by atoms with Gasteiger partial charge in [0.2, 0.25) is 5.91 Å². The number of tetrazole rings is 1. The van der Waals surface area contributed by atoms with E-state index < -0.39 is 0 Å². The van der Waals surface area contributed by atoms with Crippen LogP contribution in [-0.2, 0) is 21.4 Å². The number of carboxylic acid groups (broad SMARTS) is 1. The van der Waals surface area contributed by atoms with E-state index in [2.05, 4.69) is 15.5 Å². The molecule has 1 amide bonds. The third-order valence-corrected chi connectivity index (χ3v) is 3.54. The van der Waals surface area contributed by atoms with Crippen LogP contribution in [0.3, 0.4) is 0 Å². The third kappa shape index (κ3) is 5.21. The van der Waals surface area contributed by atoms with E-state index in [-0.39, 0.29) is 18.5 Å². The Morgan fingerprint density at radius 3 is 2.72 bits per heavy atom. The Hall–Kier alpha value is -3.07. The molecule has 1 aromatic heterocycles. The Labute approximate surface area is 144 Å². The minimum atomic E-state index is -0.289. The fourth-order valence-corrected chi connectivity index (χ4v) is 2.35. The number of aromatic nitrogens is 4. The number of aryl methyl sites for hydroxylation is 1. The van der Waals surface area contributed by atoms with Crippen molar-refractivity contribution in [3.8, 4) is 0 Å². The molecule has 0 aliphatic carbocycles. The van der Waals surface area contributed by atoms with Gasteiger partial charge in [0.1, 0.15) is 6.10 Å².